The Balaban J connectivity index is 0. The lowest BCUT2D eigenvalue weighted by atomic mass is 10.7. The minimum Gasteiger partial charge on any atom is -0.560 e. The van der Waals surface area contributed by atoms with Gasteiger partial charge >= 0.3 is 9.26 Å². The van der Waals surface area contributed by atoms with Crippen LogP contribution in [0, 0.1) is 0 Å². The predicted molar refractivity (Wildman–Crippen MR) is 22.8 cm³/mol. The Hall–Kier alpha value is -1.04. The molecular formula is C3H3FO4Si-2. The van der Waals surface area contributed by atoms with Crippen LogP contribution in [-0.2, 0) is 9.26 Å². The molecule has 4 nitrogen and oxygen atoms in total. The van der Waals surface area contributed by atoms with E-state index in [0.29, 0.717) is 0 Å². The maximum atomic E-state index is 9.99. The van der Waals surface area contributed by atoms with E-state index in [4.69, 9.17) is 19.2 Å². The van der Waals surface area contributed by atoms with Gasteiger partial charge in [-0.2, -0.15) is 0 Å². The number of hydrogen-bond donors (Lipinski definition) is 0. The molecule has 0 saturated heterocycles. The number of aliphatic carboxylic acids is 1. The summed E-state index contributed by atoms with van der Waals surface area (Å²) >= 11 is 0. The molecule has 0 radical (unpaired) electrons. The Kier molecular flexibility index (Phi) is 8.39. The van der Waals surface area contributed by atoms with Crippen molar-refractivity contribution >= 4 is 15.2 Å². The first-order valence-corrected chi connectivity index (χ1v) is 2.90. The molecule has 0 bridgehead atoms. The Bertz CT molecular complexity index is 119. The summed E-state index contributed by atoms with van der Waals surface area (Å²) < 4.78 is 18.4. The van der Waals surface area contributed by atoms with Gasteiger partial charge in [0.15, 0.2) is 0 Å². The average molecular weight is 150 g/mol. The molecule has 52 valence electrons. The molecule has 0 fully saturated rings. The van der Waals surface area contributed by atoms with Crippen molar-refractivity contribution in [2.45, 2.75) is 0 Å². The van der Waals surface area contributed by atoms with Gasteiger partial charge in [0.1, 0.15) is 0 Å². The fraction of sp³-hybridized carbons (Fsp3) is 0. The van der Waals surface area contributed by atoms with E-state index < -0.39 is 15.2 Å². The van der Waals surface area contributed by atoms with Crippen molar-refractivity contribution in [2.24, 2.45) is 0 Å². The minimum absolute atomic E-state index is 0.722. The highest BCUT2D eigenvalue weighted by Crippen LogP contribution is 1.47. The molecular weight excluding hydrogens is 147 g/mol. The van der Waals surface area contributed by atoms with Crippen LogP contribution in [0.15, 0.2) is 12.7 Å². The van der Waals surface area contributed by atoms with E-state index in [2.05, 4.69) is 6.58 Å². The van der Waals surface area contributed by atoms with E-state index in [0.717, 1.165) is 6.08 Å². The van der Waals surface area contributed by atoms with E-state index in [1.54, 1.807) is 0 Å². The first kappa shape index (κ1) is 10.9. The van der Waals surface area contributed by atoms with Crippen LogP contribution < -0.4 is 9.90 Å². The third kappa shape index (κ3) is 187. The highest BCUT2D eigenvalue weighted by Gasteiger charge is 1.61. The third-order valence-corrected chi connectivity index (χ3v) is 0.167. The van der Waals surface area contributed by atoms with E-state index in [-0.39, 0.29) is 0 Å². The van der Waals surface area contributed by atoms with Crippen LogP contribution in [0.1, 0.15) is 0 Å². The molecule has 0 N–H and O–H groups in total. The fourth-order valence-electron chi connectivity index (χ4n) is 0. The number of carboxylic acids is 1. The van der Waals surface area contributed by atoms with Crippen molar-refractivity contribution in [3.05, 3.63) is 12.7 Å². The predicted octanol–water partition coefficient (Wildman–Crippen LogP) is -2.35. The molecule has 0 saturated carbocycles. The molecule has 0 aliphatic rings. The summed E-state index contributed by atoms with van der Waals surface area (Å²) in [5.74, 6) is -1.23. The Morgan fingerprint density at radius 1 is 1.78 bits per heavy atom. The smallest absolute Gasteiger partial charge is 0.376 e. The van der Waals surface area contributed by atoms with E-state index in [1.807, 2.05) is 0 Å². The lowest BCUT2D eigenvalue weighted by Crippen LogP contribution is -2.17. The minimum atomic E-state index is -3.88. The molecule has 0 aromatic heterocycles. The maximum absolute atomic E-state index is 9.99. The summed E-state index contributed by atoms with van der Waals surface area (Å²) in [6.07, 6.45) is 0.722. The highest BCUT2D eigenvalue weighted by atomic mass is 28.3. The second-order valence-corrected chi connectivity index (χ2v) is 1.24. The molecule has 0 heterocycles. The van der Waals surface area contributed by atoms with Gasteiger partial charge in [-0.15, -0.1) is 0 Å². The summed E-state index contributed by atoms with van der Waals surface area (Å²) in [6, 6.07) is 0. The number of rotatable bonds is 1. The molecule has 0 aromatic rings. The van der Waals surface area contributed by atoms with Crippen LogP contribution in [0.2, 0.25) is 0 Å². The fourth-order valence-corrected chi connectivity index (χ4v) is 0. The van der Waals surface area contributed by atoms with Crippen LogP contribution in [0.4, 0.5) is 4.11 Å². The molecule has 0 unspecified atom stereocenters. The van der Waals surface area contributed by atoms with Crippen LogP contribution >= 0.6 is 0 Å². The summed E-state index contributed by atoms with van der Waals surface area (Å²) in [5, 5.41) is 9.14. The van der Waals surface area contributed by atoms with Gasteiger partial charge in [0.05, 0.1) is 5.97 Å². The normalized spacial score (nSPS) is 6.33. The van der Waals surface area contributed by atoms with Crippen molar-refractivity contribution in [3.63, 3.8) is 0 Å². The second kappa shape index (κ2) is 6.96. The van der Waals surface area contributed by atoms with Gasteiger partial charge in [-0.25, -0.2) is 0 Å². The molecule has 0 atom stereocenters. The number of hydrogen-bond acceptors (Lipinski definition) is 4. The zero-order valence-corrected chi connectivity index (χ0v) is 5.30. The van der Waals surface area contributed by atoms with Crippen molar-refractivity contribution in [1.82, 2.24) is 0 Å². The number of carboxylic acid groups (broad SMARTS) is 1. The van der Waals surface area contributed by atoms with E-state index in [9.17, 15) is 4.11 Å². The molecule has 0 aliphatic heterocycles. The van der Waals surface area contributed by atoms with Gasteiger partial charge in [-0.3, -0.25) is 4.11 Å². The Morgan fingerprint density at radius 3 is 1.89 bits per heavy atom. The second-order valence-electron chi connectivity index (χ2n) is 0.761. The first-order valence-electron chi connectivity index (χ1n) is 1.70. The quantitative estimate of drug-likeness (QED) is 0.238. The lowest BCUT2D eigenvalue weighted by Gasteiger charge is -1.81. The Labute approximate surface area is 52.2 Å². The van der Waals surface area contributed by atoms with Gasteiger partial charge < -0.3 is 19.2 Å². The highest BCUT2D eigenvalue weighted by molar-refractivity contribution is 6.20. The molecule has 0 aromatic carbocycles. The molecule has 0 spiro atoms. The summed E-state index contributed by atoms with van der Waals surface area (Å²) in [5.41, 5.74) is 0. The van der Waals surface area contributed by atoms with E-state index in [1.165, 1.54) is 0 Å². The van der Waals surface area contributed by atoms with Crippen LogP contribution in [0.3, 0.4) is 0 Å². The van der Waals surface area contributed by atoms with Crippen LogP contribution in [0.25, 0.3) is 0 Å². The largest absolute Gasteiger partial charge is 0.560 e. The van der Waals surface area contributed by atoms with Gasteiger partial charge in [-0.05, 0) is 6.08 Å². The third-order valence-electron chi connectivity index (χ3n) is 0.167. The topological polar surface area (TPSA) is 80.3 Å². The number of halogens is 1. The van der Waals surface area contributed by atoms with Crippen molar-refractivity contribution in [3.8, 4) is 0 Å². The zero-order chi connectivity index (χ0) is 7.86. The molecule has 0 rings (SSSR count). The van der Waals surface area contributed by atoms with Crippen molar-refractivity contribution in [2.75, 3.05) is 0 Å². The van der Waals surface area contributed by atoms with Gasteiger partial charge in [0, 0.05) is 0 Å². The molecule has 0 amide bonds. The first-order chi connectivity index (χ1) is 4.00. The van der Waals surface area contributed by atoms with Crippen molar-refractivity contribution < 1.29 is 23.3 Å². The van der Waals surface area contributed by atoms with Gasteiger partial charge in [0.25, 0.3) is 0 Å². The van der Waals surface area contributed by atoms with Gasteiger partial charge in [0.2, 0.25) is 0 Å². The zero-order valence-electron chi connectivity index (χ0n) is 4.30. The molecule has 9 heavy (non-hydrogen) atoms. The summed E-state index contributed by atoms with van der Waals surface area (Å²) in [6.45, 7) is 2.90. The lowest BCUT2D eigenvalue weighted by molar-refractivity contribution is -0.297. The number of carbonyl (C=O) groups is 1. The maximum Gasteiger partial charge on any atom is 0.376 e. The van der Waals surface area contributed by atoms with E-state index >= 15 is 0 Å². The van der Waals surface area contributed by atoms with Crippen molar-refractivity contribution in [1.29, 1.82) is 0 Å². The SMILES string of the molecule is C=CC(=O)[O-].O=[Si]([O-])F. The summed E-state index contributed by atoms with van der Waals surface area (Å²) in [7, 11) is -3.88. The summed E-state index contributed by atoms with van der Waals surface area (Å²) in [4.78, 5) is 17.5. The average Bonchev–Trinajstić information content (AvgIpc) is 1.65. The standard InChI is InChI=1S/C3H4O2.FO2Si/c1-2-3(4)5;1-4(2)3/h2H,1H2,(H,4,5);/q;-1/p-1. The number of carbonyl (C=O) groups excluding carboxylic acids is 1. The Morgan fingerprint density at radius 2 is 1.89 bits per heavy atom. The van der Waals surface area contributed by atoms with Crippen LogP contribution in [0.5, 0.6) is 0 Å². The monoisotopic (exact) mass is 150 g/mol. The molecule has 6 heteroatoms. The van der Waals surface area contributed by atoms with Crippen LogP contribution in [-0.4, -0.2) is 15.2 Å². The molecule has 0 aliphatic carbocycles. The van der Waals surface area contributed by atoms with Gasteiger partial charge in [-0.1, -0.05) is 6.58 Å².